The molecule has 1 unspecified atom stereocenters. The second-order valence-corrected chi connectivity index (χ2v) is 9.71. The lowest BCUT2D eigenvalue weighted by atomic mass is 9.82. The summed E-state index contributed by atoms with van der Waals surface area (Å²) in [5.41, 5.74) is 1.17. The van der Waals surface area contributed by atoms with Crippen LogP contribution in [-0.2, 0) is 11.2 Å². The molecule has 8 heteroatoms. The van der Waals surface area contributed by atoms with E-state index in [1.54, 1.807) is 18.2 Å². The molecule has 0 spiro atoms. The second kappa shape index (κ2) is 10.9. The van der Waals surface area contributed by atoms with E-state index in [-0.39, 0.29) is 31.1 Å². The first-order valence-electron chi connectivity index (χ1n) is 12.0. The monoisotopic (exact) mass is 489 g/mol. The number of aryl methyl sites for hydroxylation is 1. The lowest BCUT2D eigenvalue weighted by Crippen LogP contribution is -2.43. The van der Waals surface area contributed by atoms with Crippen LogP contribution in [0, 0.1) is 12.3 Å². The van der Waals surface area contributed by atoms with E-state index >= 15 is 0 Å². The van der Waals surface area contributed by atoms with Crippen molar-refractivity contribution in [2.75, 3.05) is 20.6 Å². The highest BCUT2D eigenvalue weighted by atomic mass is 19.4. The summed E-state index contributed by atoms with van der Waals surface area (Å²) in [4.78, 5) is 31.0. The maximum atomic E-state index is 13.9. The summed E-state index contributed by atoms with van der Waals surface area (Å²) in [6.45, 7) is 4.08. The Kier molecular flexibility index (Phi) is 8.36. The van der Waals surface area contributed by atoms with E-state index < -0.39 is 23.4 Å². The van der Waals surface area contributed by atoms with E-state index in [1.807, 2.05) is 51.0 Å². The van der Waals surface area contributed by atoms with Gasteiger partial charge in [-0.3, -0.25) is 14.6 Å². The zero-order valence-corrected chi connectivity index (χ0v) is 20.8. The van der Waals surface area contributed by atoms with Crippen molar-refractivity contribution < 1.29 is 22.8 Å². The number of likely N-dealkylation sites (N-methyl/N-ethyl adjacent to an activating group) is 1. The molecule has 1 aliphatic rings. The Morgan fingerprint density at radius 2 is 1.89 bits per heavy atom. The van der Waals surface area contributed by atoms with Crippen LogP contribution in [0.1, 0.15) is 65.7 Å². The number of carbonyl (C=O) groups excluding carboxylic acids is 2. The minimum Gasteiger partial charge on any atom is -0.355 e. The highest BCUT2D eigenvalue weighted by molar-refractivity contribution is 5.96. The molecule has 0 aliphatic heterocycles. The molecule has 0 saturated heterocycles. The van der Waals surface area contributed by atoms with Gasteiger partial charge in [0.1, 0.15) is 0 Å². The first-order chi connectivity index (χ1) is 16.5. The van der Waals surface area contributed by atoms with Gasteiger partial charge in [0.15, 0.2) is 5.78 Å². The Hall–Kier alpha value is -2.74. The molecule has 1 saturated carbocycles. The SMILES string of the molecule is CCC(=O)c1ccc(C[C@@H](CNC(=O)CC(c2ccccn2)C2(C(F)(F)F)CC2)N(C)C)c(C)c1. The number of alkyl halides is 3. The summed E-state index contributed by atoms with van der Waals surface area (Å²) < 4.78 is 41.7. The fraction of sp³-hybridized carbons (Fsp3) is 0.519. The van der Waals surface area contributed by atoms with Crippen molar-refractivity contribution in [3.63, 3.8) is 0 Å². The number of carbonyl (C=O) groups is 2. The largest absolute Gasteiger partial charge is 0.395 e. The van der Waals surface area contributed by atoms with Gasteiger partial charge in [-0.2, -0.15) is 13.2 Å². The zero-order valence-electron chi connectivity index (χ0n) is 20.8. The first kappa shape index (κ1) is 26.9. The van der Waals surface area contributed by atoms with Crippen LogP contribution in [0.3, 0.4) is 0 Å². The van der Waals surface area contributed by atoms with Crippen LogP contribution in [0.5, 0.6) is 0 Å². The Bertz CT molecular complexity index is 1030. The van der Waals surface area contributed by atoms with Crippen molar-refractivity contribution in [2.24, 2.45) is 5.41 Å². The van der Waals surface area contributed by atoms with Gasteiger partial charge >= 0.3 is 6.18 Å². The third-order valence-corrected chi connectivity index (χ3v) is 7.16. The molecule has 35 heavy (non-hydrogen) atoms. The Balaban J connectivity index is 1.68. The molecule has 0 radical (unpaired) electrons. The van der Waals surface area contributed by atoms with Gasteiger partial charge in [0.25, 0.3) is 0 Å². The van der Waals surface area contributed by atoms with Crippen LogP contribution in [0.2, 0.25) is 0 Å². The number of nitrogens with one attached hydrogen (secondary N) is 1. The molecule has 1 amide bonds. The number of amides is 1. The molecule has 2 aromatic rings. The van der Waals surface area contributed by atoms with Crippen LogP contribution in [0.25, 0.3) is 0 Å². The maximum Gasteiger partial charge on any atom is 0.395 e. The number of hydrogen-bond donors (Lipinski definition) is 1. The molecule has 1 aromatic carbocycles. The molecule has 1 heterocycles. The molecule has 5 nitrogen and oxygen atoms in total. The number of Topliss-reactive ketones (excluding diaryl/α,β-unsaturated/α-hetero) is 1. The zero-order chi connectivity index (χ0) is 25.8. The summed E-state index contributed by atoms with van der Waals surface area (Å²) in [5, 5.41) is 2.86. The van der Waals surface area contributed by atoms with E-state index in [2.05, 4.69) is 10.3 Å². The van der Waals surface area contributed by atoms with E-state index in [0.717, 1.165) is 11.1 Å². The Morgan fingerprint density at radius 1 is 1.17 bits per heavy atom. The highest BCUT2D eigenvalue weighted by Gasteiger charge is 2.67. The average molecular weight is 490 g/mol. The molecule has 3 rings (SSSR count). The van der Waals surface area contributed by atoms with E-state index in [4.69, 9.17) is 0 Å². The summed E-state index contributed by atoms with van der Waals surface area (Å²) in [6.07, 6.45) is -2.07. The molecular formula is C27H34F3N3O2. The number of ketones is 1. The number of benzene rings is 1. The molecule has 1 fully saturated rings. The number of rotatable bonds is 11. The van der Waals surface area contributed by atoms with Gasteiger partial charge in [-0.1, -0.05) is 25.1 Å². The number of halogens is 3. The Labute approximate surface area is 205 Å². The molecule has 1 N–H and O–H groups in total. The predicted octanol–water partition coefficient (Wildman–Crippen LogP) is 5.09. The third kappa shape index (κ3) is 6.28. The van der Waals surface area contributed by atoms with E-state index in [0.29, 0.717) is 30.6 Å². The number of aromatic nitrogens is 1. The molecule has 1 aliphatic carbocycles. The third-order valence-electron chi connectivity index (χ3n) is 7.16. The fourth-order valence-electron chi connectivity index (χ4n) is 4.61. The van der Waals surface area contributed by atoms with Gasteiger partial charge in [-0.25, -0.2) is 0 Å². The lowest BCUT2D eigenvalue weighted by Gasteiger charge is -2.29. The minimum absolute atomic E-state index is 0.0150. The maximum absolute atomic E-state index is 13.9. The standard InChI is InChI=1S/C27H34F3N3O2/c1-5-24(34)20-10-9-19(18(2)14-20)15-21(33(3)4)17-32-25(35)16-22(23-8-6-7-13-31-23)26(11-12-26)27(28,29)30/h6-10,13-14,21-22H,5,11-12,15-17H2,1-4H3,(H,32,35)/t21-,22?/m0/s1. The van der Waals surface area contributed by atoms with Gasteiger partial charge in [0.2, 0.25) is 5.91 Å². The lowest BCUT2D eigenvalue weighted by molar-refractivity contribution is -0.195. The molecule has 1 aromatic heterocycles. The van der Waals surface area contributed by atoms with Crippen molar-refractivity contribution in [3.05, 3.63) is 65.0 Å². The normalized spacial score (nSPS) is 16.6. The van der Waals surface area contributed by atoms with Crippen molar-refractivity contribution in [1.29, 1.82) is 0 Å². The Morgan fingerprint density at radius 3 is 2.40 bits per heavy atom. The van der Waals surface area contributed by atoms with Crippen LogP contribution >= 0.6 is 0 Å². The van der Waals surface area contributed by atoms with Gasteiger partial charge in [0.05, 0.1) is 5.41 Å². The van der Waals surface area contributed by atoms with Crippen molar-refractivity contribution in [3.8, 4) is 0 Å². The second-order valence-electron chi connectivity index (χ2n) is 9.71. The van der Waals surface area contributed by atoms with Gasteiger partial charge < -0.3 is 10.2 Å². The number of nitrogens with zero attached hydrogens (tertiary/aromatic N) is 2. The summed E-state index contributed by atoms with van der Waals surface area (Å²) in [6, 6.07) is 10.5. The minimum atomic E-state index is -4.38. The van der Waals surface area contributed by atoms with Crippen molar-refractivity contribution in [2.45, 2.75) is 64.1 Å². The van der Waals surface area contributed by atoms with Crippen LogP contribution in [-0.4, -0.2) is 54.4 Å². The molecule has 2 atom stereocenters. The summed E-state index contributed by atoms with van der Waals surface area (Å²) in [5.74, 6) is -1.33. The van der Waals surface area contributed by atoms with Gasteiger partial charge in [0, 0.05) is 48.8 Å². The predicted molar refractivity (Wildman–Crippen MR) is 129 cm³/mol. The van der Waals surface area contributed by atoms with Crippen molar-refractivity contribution in [1.82, 2.24) is 15.2 Å². The number of hydrogen-bond acceptors (Lipinski definition) is 4. The van der Waals surface area contributed by atoms with Crippen LogP contribution in [0.15, 0.2) is 42.6 Å². The smallest absolute Gasteiger partial charge is 0.355 e. The molecular weight excluding hydrogens is 455 g/mol. The molecule has 0 bridgehead atoms. The quantitative estimate of drug-likeness (QED) is 0.447. The topological polar surface area (TPSA) is 62.3 Å². The number of pyridine rings is 1. The van der Waals surface area contributed by atoms with Gasteiger partial charge in [-0.05, 0) is 69.6 Å². The van der Waals surface area contributed by atoms with Crippen molar-refractivity contribution >= 4 is 11.7 Å². The van der Waals surface area contributed by atoms with E-state index in [1.165, 1.54) is 6.20 Å². The van der Waals surface area contributed by atoms with Crippen LogP contribution < -0.4 is 5.32 Å². The fourth-order valence-corrected chi connectivity index (χ4v) is 4.61. The summed E-state index contributed by atoms with van der Waals surface area (Å²) >= 11 is 0. The first-order valence-corrected chi connectivity index (χ1v) is 12.0. The highest BCUT2D eigenvalue weighted by Crippen LogP contribution is 2.65. The van der Waals surface area contributed by atoms with Crippen LogP contribution in [0.4, 0.5) is 13.2 Å². The molecule has 190 valence electrons. The van der Waals surface area contributed by atoms with Gasteiger partial charge in [-0.15, -0.1) is 0 Å². The average Bonchev–Trinajstić information content (AvgIpc) is 3.63. The summed E-state index contributed by atoms with van der Waals surface area (Å²) in [7, 11) is 3.81. The van der Waals surface area contributed by atoms with E-state index in [9.17, 15) is 22.8 Å².